The lowest BCUT2D eigenvalue weighted by Crippen LogP contribution is -2.30. The van der Waals surface area contributed by atoms with Crippen LogP contribution in [0.25, 0.3) is 16.8 Å². The van der Waals surface area contributed by atoms with E-state index in [-0.39, 0.29) is 23.3 Å². The Labute approximate surface area is 234 Å². The first kappa shape index (κ1) is 26.9. The maximum absolute atomic E-state index is 13.2. The molecule has 2 amide bonds. The number of fused-ring (bicyclic) bond motifs is 1. The van der Waals surface area contributed by atoms with Gasteiger partial charge in [-0.25, -0.2) is 9.97 Å². The molecule has 8 nitrogen and oxygen atoms in total. The summed E-state index contributed by atoms with van der Waals surface area (Å²) in [7, 11) is 0. The van der Waals surface area contributed by atoms with Crippen LogP contribution in [0.1, 0.15) is 73.9 Å². The summed E-state index contributed by atoms with van der Waals surface area (Å²) >= 11 is 0. The largest absolute Gasteiger partial charge is 0.382 e. The Morgan fingerprint density at radius 3 is 2.55 bits per heavy atom. The molecule has 1 aliphatic heterocycles. The molecular weight excluding hydrogens is 500 g/mol. The van der Waals surface area contributed by atoms with Gasteiger partial charge in [0.1, 0.15) is 22.9 Å². The van der Waals surface area contributed by atoms with Gasteiger partial charge in [-0.3, -0.25) is 14.0 Å². The number of nitrogens with two attached hydrogens (primary N) is 1. The van der Waals surface area contributed by atoms with Gasteiger partial charge in [0.25, 0.3) is 11.8 Å². The molecule has 2 aromatic carbocycles. The van der Waals surface area contributed by atoms with E-state index in [9.17, 15) is 9.59 Å². The number of amides is 2. The van der Waals surface area contributed by atoms with E-state index < -0.39 is 0 Å². The molecule has 8 heteroatoms. The first-order valence-electron chi connectivity index (χ1n) is 13.5. The summed E-state index contributed by atoms with van der Waals surface area (Å²) in [5.41, 5.74) is 11.9. The van der Waals surface area contributed by atoms with E-state index in [1.807, 2.05) is 60.0 Å². The van der Waals surface area contributed by atoms with Crippen molar-refractivity contribution in [1.82, 2.24) is 19.3 Å². The zero-order valence-electron chi connectivity index (χ0n) is 23.6. The third-order valence-corrected chi connectivity index (χ3v) is 7.41. The first-order chi connectivity index (χ1) is 19.1. The summed E-state index contributed by atoms with van der Waals surface area (Å²) in [5, 5.41) is 3.01. The van der Waals surface area contributed by atoms with Crippen molar-refractivity contribution >= 4 is 28.8 Å². The molecule has 204 valence electrons. The Hall–Kier alpha value is -4.64. The number of rotatable bonds is 4. The van der Waals surface area contributed by atoms with E-state index in [2.05, 4.69) is 42.9 Å². The van der Waals surface area contributed by atoms with Crippen LogP contribution in [0, 0.1) is 18.8 Å². The topological polar surface area (TPSA) is 106 Å². The zero-order chi connectivity index (χ0) is 28.6. The van der Waals surface area contributed by atoms with Crippen LogP contribution in [0.3, 0.4) is 0 Å². The van der Waals surface area contributed by atoms with Crippen LogP contribution in [0.2, 0.25) is 0 Å². The molecule has 40 heavy (non-hydrogen) atoms. The second kappa shape index (κ2) is 10.5. The summed E-state index contributed by atoms with van der Waals surface area (Å²) < 4.78 is 1.92. The van der Waals surface area contributed by atoms with E-state index in [0.29, 0.717) is 29.1 Å². The minimum absolute atomic E-state index is 0.0419. The van der Waals surface area contributed by atoms with Crippen molar-refractivity contribution in [2.45, 2.75) is 58.9 Å². The van der Waals surface area contributed by atoms with Gasteiger partial charge in [-0.1, -0.05) is 44.9 Å². The third-order valence-electron chi connectivity index (χ3n) is 7.41. The number of hydrogen-bond donors (Lipinski definition) is 2. The SMILES string of the molecule is CC#CC(=O)N1CCC[C@H]1c1nc(-c2ccc(C(=O)Nc3ccc(C(C)(C)C)cc3)c(C)c2)c2c(N)nccn12. The molecule has 1 fully saturated rings. The molecule has 1 saturated heterocycles. The van der Waals surface area contributed by atoms with Gasteiger partial charge in [0, 0.05) is 35.8 Å². The summed E-state index contributed by atoms with van der Waals surface area (Å²) in [6.45, 7) is 10.7. The van der Waals surface area contributed by atoms with Crippen molar-refractivity contribution in [3.63, 3.8) is 0 Å². The average Bonchev–Trinajstić information content (AvgIpc) is 3.54. The molecule has 0 saturated carbocycles. The van der Waals surface area contributed by atoms with Gasteiger partial charge in [0.15, 0.2) is 0 Å². The predicted octanol–water partition coefficient (Wildman–Crippen LogP) is 5.52. The minimum Gasteiger partial charge on any atom is -0.382 e. The molecule has 2 aromatic heterocycles. The van der Waals surface area contributed by atoms with Gasteiger partial charge >= 0.3 is 0 Å². The van der Waals surface area contributed by atoms with Crippen molar-refractivity contribution in [3.05, 3.63) is 77.4 Å². The monoisotopic (exact) mass is 534 g/mol. The van der Waals surface area contributed by atoms with Crippen LogP contribution in [-0.2, 0) is 10.2 Å². The van der Waals surface area contributed by atoms with Gasteiger partial charge in [-0.05, 0) is 73.4 Å². The van der Waals surface area contributed by atoms with Crippen molar-refractivity contribution in [2.75, 3.05) is 17.6 Å². The molecule has 0 aliphatic carbocycles. The number of carbonyl (C=O) groups excluding carboxylic acids is 2. The van der Waals surface area contributed by atoms with Crippen molar-refractivity contribution < 1.29 is 9.59 Å². The van der Waals surface area contributed by atoms with Gasteiger partial charge in [-0.15, -0.1) is 0 Å². The minimum atomic E-state index is -0.216. The molecule has 0 unspecified atom stereocenters. The number of nitrogens with zero attached hydrogens (tertiary/aromatic N) is 4. The number of imidazole rings is 1. The first-order valence-corrected chi connectivity index (χ1v) is 13.5. The number of likely N-dealkylation sites (tertiary alicyclic amines) is 1. The lowest BCUT2D eigenvalue weighted by molar-refractivity contribution is -0.126. The van der Waals surface area contributed by atoms with Crippen molar-refractivity contribution in [3.8, 4) is 23.1 Å². The molecule has 0 radical (unpaired) electrons. The molecule has 3 heterocycles. The van der Waals surface area contributed by atoms with Crippen LogP contribution in [-0.4, -0.2) is 37.6 Å². The van der Waals surface area contributed by atoms with E-state index in [1.54, 1.807) is 18.0 Å². The normalized spacial score (nSPS) is 15.1. The fourth-order valence-electron chi connectivity index (χ4n) is 5.30. The number of aromatic nitrogens is 3. The van der Waals surface area contributed by atoms with Crippen LogP contribution >= 0.6 is 0 Å². The van der Waals surface area contributed by atoms with Gasteiger partial charge in [0.05, 0.1) is 6.04 Å². The number of aryl methyl sites for hydroxylation is 1. The highest BCUT2D eigenvalue weighted by Gasteiger charge is 2.33. The number of nitrogens with one attached hydrogen (secondary N) is 1. The summed E-state index contributed by atoms with van der Waals surface area (Å²) in [6.07, 6.45) is 5.11. The number of benzene rings is 2. The van der Waals surface area contributed by atoms with Crippen molar-refractivity contribution in [1.29, 1.82) is 0 Å². The molecule has 4 aromatic rings. The highest BCUT2D eigenvalue weighted by atomic mass is 16.2. The van der Waals surface area contributed by atoms with E-state index in [0.717, 1.165) is 35.5 Å². The Morgan fingerprint density at radius 1 is 1.12 bits per heavy atom. The van der Waals surface area contributed by atoms with Crippen molar-refractivity contribution in [2.24, 2.45) is 0 Å². The molecule has 1 atom stereocenters. The molecule has 3 N–H and O–H groups in total. The Kier molecular flexibility index (Phi) is 7.07. The van der Waals surface area contributed by atoms with Crippen LogP contribution < -0.4 is 11.1 Å². The standard InChI is InChI=1S/C32H34N6O2/c1-6-8-26(39)37-17-7-9-25(37)30-36-27(28-29(33)34-16-18-38(28)30)21-10-15-24(20(2)19-21)31(40)35-23-13-11-22(12-14-23)32(3,4)5/h10-16,18-19,25H,7,9,17H2,1-5H3,(H2,33,34)(H,35,40)/t25-/m0/s1. The second-order valence-corrected chi connectivity index (χ2v) is 11.2. The third kappa shape index (κ3) is 5.03. The second-order valence-electron chi connectivity index (χ2n) is 11.2. The van der Waals surface area contributed by atoms with Crippen LogP contribution in [0.15, 0.2) is 54.9 Å². The Morgan fingerprint density at radius 2 is 1.88 bits per heavy atom. The fraction of sp³-hybridized carbons (Fsp3) is 0.312. The average molecular weight is 535 g/mol. The molecule has 1 aliphatic rings. The van der Waals surface area contributed by atoms with Gasteiger partial charge < -0.3 is 16.0 Å². The summed E-state index contributed by atoms with van der Waals surface area (Å²) in [5.74, 6) is 6.05. The molecule has 0 spiro atoms. The van der Waals surface area contributed by atoms with E-state index in [4.69, 9.17) is 10.7 Å². The van der Waals surface area contributed by atoms with E-state index >= 15 is 0 Å². The lowest BCUT2D eigenvalue weighted by Gasteiger charge is -2.21. The highest BCUT2D eigenvalue weighted by Crippen LogP contribution is 2.37. The zero-order valence-corrected chi connectivity index (χ0v) is 23.6. The molecular formula is C32H34N6O2. The number of hydrogen-bond acceptors (Lipinski definition) is 5. The maximum Gasteiger partial charge on any atom is 0.299 e. The predicted molar refractivity (Wildman–Crippen MR) is 158 cm³/mol. The fourth-order valence-corrected chi connectivity index (χ4v) is 5.30. The number of anilines is 2. The Balaban J connectivity index is 1.47. The van der Waals surface area contributed by atoms with Gasteiger partial charge in [-0.2, -0.15) is 0 Å². The maximum atomic E-state index is 13.2. The van der Waals surface area contributed by atoms with Gasteiger partial charge in [0.2, 0.25) is 0 Å². The van der Waals surface area contributed by atoms with Crippen LogP contribution in [0.4, 0.5) is 11.5 Å². The lowest BCUT2D eigenvalue weighted by atomic mass is 9.87. The Bertz CT molecular complexity index is 1670. The highest BCUT2D eigenvalue weighted by molar-refractivity contribution is 6.05. The van der Waals surface area contributed by atoms with E-state index in [1.165, 1.54) is 5.56 Å². The molecule has 0 bridgehead atoms. The summed E-state index contributed by atoms with van der Waals surface area (Å²) in [6, 6.07) is 13.4. The quantitative estimate of drug-likeness (QED) is 0.335. The van der Waals surface area contributed by atoms with Crippen LogP contribution in [0.5, 0.6) is 0 Å². The number of nitrogen functional groups attached to an aromatic ring is 1. The number of carbonyl (C=O) groups is 2. The summed E-state index contributed by atoms with van der Waals surface area (Å²) in [4.78, 5) is 36.9. The molecule has 5 rings (SSSR count). The smallest absolute Gasteiger partial charge is 0.299 e.